The van der Waals surface area contributed by atoms with Gasteiger partial charge in [-0.1, -0.05) is 37.1 Å². The van der Waals surface area contributed by atoms with E-state index in [1.54, 1.807) is 10.7 Å². The molecule has 3 heterocycles. The minimum atomic E-state index is -0.375. The molecule has 8 heteroatoms. The fourth-order valence-electron chi connectivity index (χ4n) is 5.67. The van der Waals surface area contributed by atoms with Crippen molar-refractivity contribution >= 4 is 11.8 Å². The summed E-state index contributed by atoms with van der Waals surface area (Å²) in [6.45, 7) is 6.97. The lowest BCUT2D eigenvalue weighted by Gasteiger charge is -2.43. The van der Waals surface area contributed by atoms with Crippen LogP contribution < -0.4 is 10.6 Å². The first-order valence-electron chi connectivity index (χ1n) is 13.1. The highest BCUT2D eigenvalue weighted by Gasteiger charge is 2.41. The molecule has 0 spiro atoms. The zero-order valence-electron chi connectivity index (χ0n) is 21.1. The van der Waals surface area contributed by atoms with Crippen molar-refractivity contribution in [3.05, 3.63) is 52.8 Å². The third kappa shape index (κ3) is 5.14. The molecule has 0 saturated heterocycles. The Balaban J connectivity index is 1.13. The van der Waals surface area contributed by atoms with Gasteiger partial charge in [-0.3, -0.25) is 19.2 Å². The number of carbonyl (C=O) groups excluding carboxylic acids is 2. The Kier molecular flexibility index (Phi) is 6.93. The average Bonchev–Trinajstić information content (AvgIpc) is 3.54. The second-order valence-corrected chi connectivity index (χ2v) is 10.7. The summed E-state index contributed by atoms with van der Waals surface area (Å²) in [7, 11) is 1.86. The van der Waals surface area contributed by atoms with Gasteiger partial charge in [-0.2, -0.15) is 5.10 Å². The van der Waals surface area contributed by atoms with Crippen LogP contribution in [0.3, 0.4) is 0 Å². The molecule has 2 N–H and O–H groups in total. The number of hydrogen-bond donors (Lipinski definition) is 2. The summed E-state index contributed by atoms with van der Waals surface area (Å²) in [5.41, 5.74) is 3.29. The number of carbonyl (C=O) groups is 2. The third-order valence-corrected chi connectivity index (χ3v) is 8.11. The molecule has 8 nitrogen and oxygen atoms in total. The normalized spacial score (nSPS) is 22.8. The first kappa shape index (κ1) is 24.0. The van der Waals surface area contributed by atoms with Crippen LogP contribution in [-0.4, -0.2) is 76.2 Å². The number of rotatable bonds is 8. The second-order valence-electron chi connectivity index (χ2n) is 10.7. The molecule has 1 aliphatic carbocycles. The van der Waals surface area contributed by atoms with Crippen molar-refractivity contribution in [3.8, 4) is 0 Å². The molecule has 35 heavy (non-hydrogen) atoms. The second kappa shape index (κ2) is 10.1. The molecule has 0 bridgehead atoms. The van der Waals surface area contributed by atoms with E-state index in [-0.39, 0.29) is 17.4 Å². The summed E-state index contributed by atoms with van der Waals surface area (Å²) in [6, 6.07) is 10.8. The van der Waals surface area contributed by atoms with Crippen LogP contribution in [-0.2, 0) is 19.5 Å². The van der Waals surface area contributed by atoms with Gasteiger partial charge in [0.1, 0.15) is 5.69 Å². The zero-order chi connectivity index (χ0) is 24.4. The van der Waals surface area contributed by atoms with Crippen molar-refractivity contribution in [2.24, 2.45) is 0 Å². The van der Waals surface area contributed by atoms with Gasteiger partial charge in [-0.15, -0.1) is 0 Å². The summed E-state index contributed by atoms with van der Waals surface area (Å²) >= 11 is 0. The molecular weight excluding hydrogens is 440 g/mol. The summed E-state index contributed by atoms with van der Waals surface area (Å²) in [5, 5.41) is 11.2. The highest BCUT2D eigenvalue weighted by molar-refractivity contribution is 5.98. The monoisotopic (exact) mass is 478 g/mol. The fourth-order valence-corrected chi connectivity index (χ4v) is 5.67. The van der Waals surface area contributed by atoms with Crippen LogP contribution in [0, 0.1) is 0 Å². The van der Waals surface area contributed by atoms with Crippen LogP contribution in [0.4, 0.5) is 0 Å². The van der Waals surface area contributed by atoms with Gasteiger partial charge >= 0.3 is 0 Å². The molecule has 1 aromatic heterocycles. The number of benzene rings is 1. The minimum Gasteiger partial charge on any atom is -0.351 e. The molecule has 1 fully saturated rings. The van der Waals surface area contributed by atoms with E-state index in [0.717, 1.165) is 39.0 Å². The summed E-state index contributed by atoms with van der Waals surface area (Å²) in [4.78, 5) is 30.1. The Morgan fingerprint density at radius 1 is 1.20 bits per heavy atom. The molecule has 0 radical (unpaired) electrons. The molecular formula is C27H38N6O2. The Morgan fingerprint density at radius 3 is 2.77 bits per heavy atom. The Bertz CT molecular complexity index is 1080. The van der Waals surface area contributed by atoms with Gasteiger partial charge in [-0.05, 0) is 43.7 Å². The van der Waals surface area contributed by atoms with E-state index in [9.17, 15) is 9.59 Å². The fraction of sp³-hybridized carbons (Fsp3) is 0.593. The Hall–Kier alpha value is -2.71. The minimum absolute atomic E-state index is 0.0797. The predicted molar refractivity (Wildman–Crippen MR) is 135 cm³/mol. The largest absolute Gasteiger partial charge is 0.351 e. The van der Waals surface area contributed by atoms with E-state index < -0.39 is 0 Å². The highest BCUT2D eigenvalue weighted by Crippen LogP contribution is 2.26. The van der Waals surface area contributed by atoms with E-state index in [0.29, 0.717) is 30.5 Å². The van der Waals surface area contributed by atoms with Crippen molar-refractivity contribution in [2.75, 3.05) is 33.2 Å². The van der Waals surface area contributed by atoms with Crippen molar-refractivity contribution in [1.29, 1.82) is 0 Å². The van der Waals surface area contributed by atoms with E-state index in [1.165, 1.54) is 36.8 Å². The van der Waals surface area contributed by atoms with Crippen LogP contribution in [0.2, 0.25) is 0 Å². The molecule has 1 unspecified atom stereocenters. The van der Waals surface area contributed by atoms with Gasteiger partial charge in [0.15, 0.2) is 5.69 Å². The molecule has 2 amide bonds. The van der Waals surface area contributed by atoms with Gasteiger partial charge in [0.2, 0.25) is 0 Å². The van der Waals surface area contributed by atoms with E-state index in [2.05, 4.69) is 51.8 Å². The highest BCUT2D eigenvalue weighted by atomic mass is 16.2. The molecule has 188 valence electrons. The van der Waals surface area contributed by atoms with Gasteiger partial charge in [0.05, 0.1) is 12.1 Å². The van der Waals surface area contributed by atoms with Gasteiger partial charge in [0.25, 0.3) is 11.8 Å². The van der Waals surface area contributed by atoms with Gasteiger partial charge in [-0.25, -0.2) is 0 Å². The topological polar surface area (TPSA) is 82.5 Å². The van der Waals surface area contributed by atoms with Gasteiger partial charge < -0.3 is 15.5 Å². The lowest BCUT2D eigenvalue weighted by Crippen LogP contribution is -2.60. The first-order valence-corrected chi connectivity index (χ1v) is 13.1. The average molecular weight is 479 g/mol. The van der Waals surface area contributed by atoms with Crippen LogP contribution in [0.25, 0.3) is 0 Å². The summed E-state index contributed by atoms with van der Waals surface area (Å²) in [5.74, 6) is -0.291. The maximum absolute atomic E-state index is 13.1. The lowest BCUT2D eigenvalue weighted by atomic mass is 9.96. The summed E-state index contributed by atoms with van der Waals surface area (Å²) in [6.07, 6.45) is 6.93. The van der Waals surface area contributed by atoms with Crippen molar-refractivity contribution in [1.82, 2.24) is 30.2 Å². The number of fused-ring (bicyclic) bond motifs is 2. The lowest BCUT2D eigenvalue weighted by molar-refractivity contribution is 0.0435. The molecule has 2 aliphatic heterocycles. The SMILES string of the molecule is CN1C(=O)c2cc(C(=O)NCCCN3CCc4ccccc4C3)nn2CC1(C)CNC1CCCC1. The maximum Gasteiger partial charge on any atom is 0.272 e. The molecule has 2 aromatic rings. The molecule has 3 aliphatic rings. The van der Waals surface area contributed by atoms with E-state index >= 15 is 0 Å². The standard InChI is InChI=1S/C27H38N6O2/c1-27(18-29-22-10-5-6-11-22)19-33-24(26(35)31(27)2)16-23(30-33)25(34)28-13-7-14-32-15-12-20-8-3-4-9-21(20)17-32/h3-4,8-9,16,22,29H,5-7,10-15,17-19H2,1-2H3,(H,28,34). The molecule has 1 aromatic carbocycles. The van der Waals surface area contributed by atoms with Crippen LogP contribution >= 0.6 is 0 Å². The van der Waals surface area contributed by atoms with Crippen LogP contribution in [0.1, 0.15) is 71.1 Å². The van der Waals surface area contributed by atoms with Crippen LogP contribution in [0.15, 0.2) is 30.3 Å². The van der Waals surface area contributed by atoms with Crippen molar-refractivity contribution < 1.29 is 9.59 Å². The first-order chi connectivity index (χ1) is 16.9. The van der Waals surface area contributed by atoms with Crippen molar-refractivity contribution in [3.63, 3.8) is 0 Å². The molecule has 5 rings (SSSR count). The maximum atomic E-state index is 13.1. The zero-order valence-corrected chi connectivity index (χ0v) is 21.1. The molecule has 1 saturated carbocycles. The smallest absolute Gasteiger partial charge is 0.272 e. The predicted octanol–water partition coefficient (Wildman–Crippen LogP) is 2.44. The number of nitrogens with zero attached hydrogens (tertiary/aromatic N) is 4. The van der Waals surface area contributed by atoms with E-state index in [4.69, 9.17) is 0 Å². The number of nitrogens with one attached hydrogen (secondary N) is 2. The van der Waals surface area contributed by atoms with Crippen LogP contribution in [0.5, 0.6) is 0 Å². The Labute approximate surface area is 208 Å². The number of likely N-dealkylation sites (N-methyl/N-ethyl adjacent to an activating group) is 1. The quantitative estimate of drug-likeness (QED) is 0.570. The summed E-state index contributed by atoms with van der Waals surface area (Å²) < 4.78 is 1.72. The number of amides is 2. The van der Waals surface area contributed by atoms with Crippen molar-refractivity contribution in [2.45, 2.75) is 70.1 Å². The third-order valence-electron chi connectivity index (χ3n) is 8.11. The molecule has 1 atom stereocenters. The Morgan fingerprint density at radius 2 is 1.97 bits per heavy atom. The number of hydrogen-bond acceptors (Lipinski definition) is 5. The van der Waals surface area contributed by atoms with E-state index in [1.807, 2.05) is 11.9 Å². The van der Waals surface area contributed by atoms with Gasteiger partial charge in [0, 0.05) is 51.9 Å². The number of aromatic nitrogens is 2.